The number of carboxylic acids is 1. The van der Waals surface area contributed by atoms with Crippen molar-refractivity contribution in [2.45, 2.75) is 0 Å². The predicted octanol–water partition coefficient (Wildman–Crippen LogP) is 6.08. The predicted molar refractivity (Wildman–Crippen MR) is 132 cm³/mol. The van der Waals surface area contributed by atoms with Gasteiger partial charge in [0.1, 0.15) is 22.9 Å². The van der Waals surface area contributed by atoms with Crippen LogP contribution >= 0.6 is 11.6 Å². The van der Waals surface area contributed by atoms with Gasteiger partial charge in [-0.25, -0.2) is 14.8 Å². The average molecular weight is 488 g/mol. The van der Waals surface area contributed by atoms with Gasteiger partial charge in [0, 0.05) is 17.3 Å². The van der Waals surface area contributed by atoms with Crippen LogP contribution in [0.15, 0.2) is 82.3 Å². The van der Waals surface area contributed by atoms with Crippen molar-refractivity contribution in [2.75, 3.05) is 7.11 Å². The molecule has 0 spiro atoms. The van der Waals surface area contributed by atoms with E-state index in [2.05, 4.69) is 4.99 Å². The van der Waals surface area contributed by atoms with Gasteiger partial charge in [0.25, 0.3) is 0 Å². The minimum Gasteiger partial charge on any atom is -0.504 e. The number of aliphatic imine (C=N–C) groups is 1. The number of methoxy groups -OCH3 is 1. The lowest BCUT2D eigenvalue weighted by molar-refractivity contribution is 0.0697. The normalized spacial score (nSPS) is 11.4. The number of fused-ring (bicyclic) bond motifs is 1. The molecule has 0 fully saturated rings. The number of hydrogen-bond acceptors (Lipinski definition) is 6. The Labute approximate surface area is 204 Å². The van der Waals surface area contributed by atoms with Gasteiger partial charge in [0.2, 0.25) is 0 Å². The van der Waals surface area contributed by atoms with E-state index in [4.69, 9.17) is 25.7 Å². The van der Waals surface area contributed by atoms with Crippen LogP contribution in [-0.2, 0) is 0 Å². The highest BCUT2D eigenvalue weighted by atomic mass is 35.5. The minimum atomic E-state index is -1.11. The molecule has 3 aromatic heterocycles. The number of rotatable bonds is 6. The molecule has 3 heterocycles. The van der Waals surface area contributed by atoms with E-state index in [1.807, 2.05) is 28.8 Å². The monoisotopic (exact) mass is 487 g/mol. The Kier molecular flexibility index (Phi) is 5.72. The van der Waals surface area contributed by atoms with Gasteiger partial charge in [-0.05, 0) is 60.7 Å². The van der Waals surface area contributed by atoms with E-state index >= 15 is 0 Å². The summed E-state index contributed by atoms with van der Waals surface area (Å²) in [6, 6.07) is 18.7. The summed E-state index contributed by atoms with van der Waals surface area (Å²) in [5.41, 5.74) is 2.59. The first-order valence-corrected chi connectivity index (χ1v) is 10.8. The van der Waals surface area contributed by atoms with Crippen LogP contribution in [0.2, 0.25) is 5.02 Å². The van der Waals surface area contributed by atoms with Crippen LogP contribution in [0, 0.1) is 0 Å². The van der Waals surface area contributed by atoms with Gasteiger partial charge < -0.3 is 19.4 Å². The van der Waals surface area contributed by atoms with E-state index in [1.54, 1.807) is 42.6 Å². The Morgan fingerprint density at radius 1 is 1.11 bits per heavy atom. The first-order valence-electron chi connectivity index (χ1n) is 10.5. The molecule has 0 aliphatic carbocycles. The molecule has 9 heteroatoms. The molecule has 0 aliphatic rings. The van der Waals surface area contributed by atoms with Crippen LogP contribution in [0.1, 0.15) is 16.1 Å². The zero-order chi connectivity index (χ0) is 24.5. The SMILES string of the molecule is COc1cc(-c2nc3ccccn3c2N=Cc2ccc(-c3ccc(Cl)c(C(=O)O)c3)o2)ccc1O. The lowest BCUT2D eigenvalue weighted by Crippen LogP contribution is -1.97. The van der Waals surface area contributed by atoms with Crippen LogP contribution in [-0.4, -0.2) is 38.9 Å². The Morgan fingerprint density at radius 2 is 1.94 bits per heavy atom. The maximum absolute atomic E-state index is 11.4. The van der Waals surface area contributed by atoms with Crippen LogP contribution in [0.25, 0.3) is 28.2 Å². The van der Waals surface area contributed by atoms with E-state index in [0.29, 0.717) is 40.0 Å². The fourth-order valence-electron chi connectivity index (χ4n) is 3.67. The largest absolute Gasteiger partial charge is 0.504 e. The van der Waals surface area contributed by atoms with Gasteiger partial charge in [0.15, 0.2) is 17.3 Å². The maximum Gasteiger partial charge on any atom is 0.337 e. The highest BCUT2D eigenvalue weighted by molar-refractivity contribution is 6.33. The molecular weight excluding hydrogens is 470 g/mol. The van der Waals surface area contributed by atoms with Gasteiger partial charge >= 0.3 is 5.97 Å². The van der Waals surface area contributed by atoms with Gasteiger partial charge in [-0.15, -0.1) is 0 Å². The third-order valence-electron chi connectivity index (χ3n) is 5.38. The summed E-state index contributed by atoms with van der Waals surface area (Å²) in [6.45, 7) is 0. The number of carboxylic acid groups (broad SMARTS) is 1. The Balaban J connectivity index is 1.53. The molecule has 5 rings (SSSR count). The summed E-state index contributed by atoms with van der Waals surface area (Å²) < 4.78 is 13.0. The highest BCUT2D eigenvalue weighted by Crippen LogP contribution is 2.36. The van der Waals surface area contributed by atoms with Crippen molar-refractivity contribution in [3.05, 3.63) is 89.3 Å². The molecule has 2 aromatic carbocycles. The number of nitrogens with zero attached hydrogens (tertiary/aromatic N) is 3. The number of pyridine rings is 1. The molecule has 8 nitrogen and oxygen atoms in total. The van der Waals surface area contributed by atoms with Crippen molar-refractivity contribution in [2.24, 2.45) is 4.99 Å². The first-order chi connectivity index (χ1) is 16.9. The summed E-state index contributed by atoms with van der Waals surface area (Å²) in [6.07, 6.45) is 3.42. The van der Waals surface area contributed by atoms with Gasteiger partial charge in [-0.2, -0.15) is 0 Å². The molecule has 0 bridgehead atoms. The van der Waals surface area contributed by atoms with Crippen molar-refractivity contribution >= 4 is 35.2 Å². The number of phenolic OH excluding ortho intramolecular Hbond substituents is 1. The topological polar surface area (TPSA) is 110 Å². The van der Waals surface area contributed by atoms with Crippen molar-refractivity contribution in [3.8, 4) is 34.1 Å². The molecule has 5 aromatic rings. The maximum atomic E-state index is 11.4. The number of furan rings is 1. The average Bonchev–Trinajstić information content (AvgIpc) is 3.48. The number of phenols is 1. The second-order valence-electron chi connectivity index (χ2n) is 7.56. The summed E-state index contributed by atoms with van der Waals surface area (Å²) in [5, 5.41) is 19.4. The minimum absolute atomic E-state index is 0.00418. The van der Waals surface area contributed by atoms with Crippen LogP contribution in [0.5, 0.6) is 11.5 Å². The van der Waals surface area contributed by atoms with Gasteiger partial charge in [0.05, 0.1) is 23.9 Å². The molecular formula is C26H18ClN3O5. The fraction of sp³-hybridized carbons (Fsp3) is 0.0385. The number of aromatic carboxylic acids is 1. The number of hydrogen-bond donors (Lipinski definition) is 2. The zero-order valence-corrected chi connectivity index (χ0v) is 19.1. The highest BCUT2D eigenvalue weighted by Gasteiger charge is 2.16. The number of aromatic nitrogens is 2. The molecule has 0 atom stereocenters. The van der Waals surface area contributed by atoms with Gasteiger partial charge in [-0.3, -0.25) is 4.40 Å². The summed E-state index contributed by atoms with van der Waals surface area (Å²) in [4.78, 5) is 20.7. The molecule has 174 valence electrons. The number of carbonyl (C=O) groups is 1. The number of imidazole rings is 1. The third kappa shape index (κ3) is 4.22. The van der Waals surface area contributed by atoms with Gasteiger partial charge in [-0.1, -0.05) is 17.7 Å². The third-order valence-corrected chi connectivity index (χ3v) is 5.71. The van der Waals surface area contributed by atoms with Crippen LogP contribution in [0.4, 0.5) is 5.82 Å². The van der Waals surface area contributed by atoms with E-state index in [1.165, 1.54) is 19.2 Å². The van der Waals surface area contributed by atoms with E-state index in [9.17, 15) is 15.0 Å². The zero-order valence-electron chi connectivity index (χ0n) is 18.3. The van der Waals surface area contributed by atoms with E-state index < -0.39 is 5.97 Å². The van der Waals surface area contributed by atoms with E-state index in [-0.39, 0.29) is 16.3 Å². The molecule has 0 amide bonds. The Hall–Kier alpha value is -4.56. The number of benzene rings is 2. The van der Waals surface area contributed by atoms with Crippen LogP contribution < -0.4 is 4.74 Å². The summed E-state index contributed by atoms with van der Waals surface area (Å²) >= 11 is 5.97. The molecule has 35 heavy (non-hydrogen) atoms. The lowest BCUT2D eigenvalue weighted by atomic mass is 10.1. The lowest BCUT2D eigenvalue weighted by Gasteiger charge is -2.05. The summed E-state index contributed by atoms with van der Waals surface area (Å²) in [7, 11) is 1.48. The second-order valence-corrected chi connectivity index (χ2v) is 7.97. The standard InChI is InChI=1S/C26H18ClN3O5/c1-34-22-13-16(6-9-20(22)31)24-25(30-11-3-2-4-23(30)29-24)28-14-17-7-10-21(35-17)15-5-8-19(27)18(12-15)26(32)33/h2-14,31H,1H3,(H,32,33). The number of halogens is 1. The number of ether oxygens (including phenoxy) is 1. The quantitative estimate of drug-likeness (QED) is 0.281. The second kappa shape index (κ2) is 9.00. The van der Waals surface area contributed by atoms with Crippen molar-refractivity contribution < 1.29 is 24.2 Å². The molecule has 0 saturated heterocycles. The molecule has 2 N–H and O–H groups in total. The molecule has 0 radical (unpaired) electrons. The molecule has 0 aliphatic heterocycles. The number of aromatic hydroxyl groups is 1. The Bertz CT molecular complexity index is 1600. The fourth-order valence-corrected chi connectivity index (χ4v) is 3.87. The van der Waals surface area contributed by atoms with Crippen molar-refractivity contribution in [3.63, 3.8) is 0 Å². The van der Waals surface area contributed by atoms with Crippen LogP contribution in [0.3, 0.4) is 0 Å². The van der Waals surface area contributed by atoms with Crippen molar-refractivity contribution in [1.29, 1.82) is 0 Å². The smallest absolute Gasteiger partial charge is 0.337 e. The summed E-state index contributed by atoms with van der Waals surface area (Å²) in [5.74, 6) is 0.747. The van der Waals surface area contributed by atoms with Crippen molar-refractivity contribution in [1.82, 2.24) is 9.38 Å². The molecule has 0 unspecified atom stereocenters. The Morgan fingerprint density at radius 3 is 2.74 bits per heavy atom. The first kappa shape index (κ1) is 22.2. The molecule has 0 saturated carbocycles. The van der Waals surface area contributed by atoms with E-state index in [0.717, 1.165) is 5.56 Å².